The molecule has 0 heterocycles. The van der Waals surface area contributed by atoms with Crippen LogP contribution in [0.2, 0.25) is 0 Å². The molecule has 0 spiro atoms. The molecular formula is C13H29N. The zero-order chi connectivity index (χ0) is 11.1. The Hall–Kier alpha value is -0.0400. The third-order valence-corrected chi connectivity index (χ3v) is 3.54. The van der Waals surface area contributed by atoms with Gasteiger partial charge >= 0.3 is 0 Å². The molecule has 0 aromatic rings. The minimum atomic E-state index is 0.617. The van der Waals surface area contributed by atoms with Crippen molar-refractivity contribution in [3.8, 4) is 0 Å². The van der Waals surface area contributed by atoms with Gasteiger partial charge in [-0.1, -0.05) is 54.4 Å². The molecule has 1 N–H and O–H groups in total. The molecule has 1 nitrogen and oxygen atoms in total. The number of hydrogen-bond acceptors (Lipinski definition) is 1. The molecule has 86 valence electrons. The van der Waals surface area contributed by atoms with Gasteiger partial charge in [-0.3, -0.25) is 0 Å². The van der Waals surface area contributed by atoms with Crippen molar-refractivity contribution < 1.29 is 0 Å². The molecule has 0 saturated carbocycles. The minimum Gasteiger partial charge on any atom is -0.314 e. The fourth-order valence-electron chi connectivity index (χ4n) is 2.10. The monoisotopic (exact) mass is 199 g/mol. The lowest BCUT2D eigenvalue weighted by Crippen LogP contribution is -2.32. The average Bonchev–Trinajstić information content (AvgIpc) is 2.15. The van der Waals surface area contributed by atoms with E-state index in [4.69, 9.17) is 0 Å². The van der Waals surface area contributed by atoms with E-state index >= 15 is 0 Å². The second-order valence-electron chi connectivity index (χ2n) is 4.98. The summed E-state index contributed by atoms with van der Waals surface area (Å²) in [5, 5.41) is 3.53. The lowest BCUT2D eigenvalue weighted by molar-refractivity contribution is 0.239. The molecule has 0 aliphatic rings. The smallest absolute Gasteiger partial charge is 0.00104 e. The molecule has 14 heavy (non-hydrogen) atoms. The van der Waals surface area contributed by atoms with Crippen LogP contribution in [0, 0.1) is 17.8 Å². The Kier molecular flexibility index (Phi) is 7.26. The van der Waals surface area contributed by atoms with Crippen LogP contribution in [0.4, 0.5) is 0 Å². The summed E-state index contributed by atoms with van der Waals surface area (Å²) >= 11 is 0. The Morgan fingerprint density at radius 1 is 0.929 bits per heavy atom. The predicted molar refractivity (Wildman–Crippen MR) is 65.5 cm³/mol. The fourth-order valence-corrected chi connectivity index (χ4v) is 2.10. The first-order chi connectivity index (χ1) is 6.52. The van der Waals surface area contributed by atoms with Gasteiger partial charge in [0.25, 0.3) is 0 Å². The van der Waals surface area contributed by atoms with Gasteiger partial charge < -0.3 is 5.32 Å². The molecule has 0 fully saturated rings. The molecule has 2 unspecified atom stereocenters. The first-order valence-electron chi connectivity index (χ1n) is 6.26. The van der Waals surface area contributed by atoms with E-state index in [0.29, 0.717) is 6.04 Å². The molecule has 0 aliphatic heterocycles. The highest BCUT2D eigenvalue weighted by Gasteiger charge is 2.19. The summed E-state index contributed by atoms with van der Waals surface area (Å²) in [6.45, 7) is 15.0. The van der Waals surface area contributed by atoms with Crippen LogP contribution in [-0.4, -0.2) is 12.6 Å². The highest BCUT2D eigenvalue weighted by molar-refractivity contribution is 4.71. The van der Waals surface area contributed by atoms with E-state index in [1.165, 1.54) is 12.8 Å². The average molecular weight is 199 g/mol. The Labute approximate surface area is 90.7 Å². The van der Waals surface area contributed by atoms with Gasteiger partial charge in [0.1, 0.15) is 0 Å². The topological polar surface area (TPSA) is 12.0 Å². The van der Waals surface area contributed by atoms with Crippen molar-refractivity contribution >= 4 is 0 Å². The normalized spacial score (nSPS) is 16.3. The zero-order valence-corrected chi connectivity index (χ0v) is 10.9. The number of rotatable bonds is 7. The largest absolute Gasteiger partial charge is 0.314 e. The summed E-state index contributed by atoms with van der Waals surface area (Å²) in [6, 6.07) is 0.617. The molecule has 0 aromatic carbocycles. The Balaban J connectivity index is 3.90. The Bertz CT molecular complexity index is 127. The van der Waals surface area contributed by atoms with Crippen LogP contribution in [0.3, 0.4) is 0 Å². The van der Waals surface area contributed by atoms with Crippen LogP contribution < -0.4 is 5.32 Å². The number of hydrogen-bond donors (Lipinski definition) is 1. The van der Waals surface area contributed by atoms with Crippen molar-refractivity contribution in [3.63, 3.8) is 0 Å². The second-order valence-corrected chi connectivity index (χ2v) is 4.98. The van der Waals surface area contributed by atoms with E-state index in [2.05, 4.69) is 46.9 Å². The van der Waals surface area contributed by atoms with Crippen molar-refractivity contribution in [2.45, 2.75) is 60.4 Å². The first-order valence-corrected chi connectivity index (χ1v) is 6.26. The quantitative estimate of drug-likeness (QED) is 0.659. The molecule has 0 radical (unpaired) electrons. The third-order valence-electron chi connectivity index (χ3n) is 3.54. The van der Waals surface area contributed by atoms with Crippen LogP contribution in [0.15, 0.2) is 0 Å². The van der Waals surface area contributed by atoms with Crippen molar-refractivity contribution in [3.05, 3.63) is 0 Å². The molecule has 1 heteroatoms. The molecule has 0 aromatic heterocycles. The van der Waals surface area contributed by atoms with Crippen LogP contribution in [0.25, 0.3) is 0 Å². The summed E-state index contributed by atoms with van der Waals surface area (Å²) in [6.07, 6.45) is 2.65. The maximum Gasteiger partial charge on any atom is 0.00104 e. The minimum absolute atomic E-state index is 0.617. The van der Waals surface area contributed by atoms with Gasteiger partial charge in [0.05, 0.1) is 0 Å². The maximum atomic E-state index is 3.53. The van der Waals surface area contributed by atoms with Gasteiger partial charge in [-0.15, -0.1) is 0 Å². The van der Waals surface area contributed by atoms with Gasteiger partial charge in [-0.05, 0) is 24.3 Å². The molecule has 0 aliphatic carbocycles. The second kappa shape index (κ2) is 7.28. The van der Waals surface area contributed by atoms with E-state index in [1.807, 2.05) is 0 Å². The SMILES string of the molecule is CCC(CC)C(C)C(C)CNC(C)C. The third kappa shape index (κ3) is 4.99. The van der Waals surface area contributed by atoms with Crippen LogP contribution in [-0.2, 0) is 0 Å². The van der Waals surface area contributed by atoms with E-state index in [1.54, 1.807) is 0 Å². The Morgan fingerprint density at radius 3 is 1.79 bits per heavy atom. The number of nitrogens with one attached hydrogen (secondary N) is 1. The highest BCUT2D eigenvalue weighted by Crippen LogP contribution is 2.25. The van der Waals surface area contributed by atoms with Gasteiger partial charge in [0.15, 0.2) is 0 Å². The summed E-state index contributed by atoms with van der Waals surface area (Å²) in [4.78, 5) is 0. The standard InChI is InChI=1S/C13H29N/c1-7-13(8-2)12(6)11(5)9-14-10(3)4/h10-14H,7-9H2,1-6H3. The molecule has 0 saturated heterocycles. The zero-order valence-electron chi connectivity index (χ0n) is 10.9. The molecular weight excluding hydrogens is 170 g/mol. The van der Waals surface area contributed by atoms with Gasteiger partial charge in [0.2, 0.25) is 0 Å². The summed E-state index contributed by atoms with van der Waals surface area (Å²) in [5.41, 5.74) is 0. The van der Waals surface area contributed by atoms with E-state index < -0.39 is 0 Å². The highest BCUT2D eigenvalue weighted by atomic mass is 14.9. The lowest BCUT2D eigenvalue weighted by atomic mass is 9.81. The van der Waals surface area contributed by atoms with Crippen LogP contribution in [0.1, 0.15) is 54.4 Å². The van der Waals surface area contributed by atoms with Gasteiger partial charge in [-0.2, -0.15) is 0 Å². The molecule has 0 amide bonds. The molecule has 2 atom stereocenters. The van der Waals surface area contributed by atoms with Crippen molar-refractivity contribution in [2.24, 2.45) is 17.8 Å². The molecule has 0 bridgehead atoms. The van der Waals surface area contributed by atoms with E-state index in [9.17, 15) is 0 Å². The predicted octanol–water partition coefficient (Wildman–Crippen LogP) is 3.69. The lowest BCUT2D eigenvalue weighted by Gasteiger charge is -2.28. The summed E-state index contributed by atoms with van der Waals surface area (Å²) < 4.78 is 0. The maximum absolute atomic E-state index is 3.53. The molecule has 0 rings (SSSR count). The van der Waals surface area contributed by atoms with E-state index in [0.717, 1.165) is 24.3 Å². The summed E-state index contributed by atoms with van der Waals surface area (Å²) in [5.74, 6) is 2.54. The van der Waals surface area contributed by atoms with Crippen LogP contribution >= 0.6 is 0 Å². The Morgan fingerprint density at radius 2 is 1.43 bits per heavy atom. The summed E-state index contributed by atoms with van der Waals surface area (Å²) in [7, 11) is 0. The van der Waals surface area contributed by atoms with Crippen molar-refractivity contribution in [1.29, 1.82) is 0 Å². The van der Waals surface area contributed by atoms with Gasteiger partial charge in [0, 0.05) is 6.04 Å². The van der Waals surface area contributed by atoms with E-state index in [-0.39, 0.29) is 0 Å². The van der Waals surface area contributed by atoms with Gasteiger partial charge in [-0.25, -0.2) is 0 Å². The van der Waals surface area contributed by atoms with Crippen molar-refractivity contribution in [2.75, 3.05) is 6.54 Å². The fraction of sp³-hybridized carbons (Fsp3) is 1.00. The first kappa shape index (κ1) is 14.0. The van der Waals surface area contributed by atoms with Crippen LogP contribution in [0.5, 0.6) is 0 Å². The van der Waals surface area contributed by atoms with Crippen molar-refractivity contribution in [1.82, 2.24) is 5.32 Å².